The summed E-state index contributed by atoms with van der Waals surface area (Å²) in [4.78, 5) is 22.2. The van der Waals surface area contributed by atoms with E-state index in [1.54, 1.807) is 42.5 Å². The summed E-state index contributed by atoms with van der Waals surface area (Å²) in [5.74, 6) is -3.10. The first kappa shape index (κ1) is 63.1. The van der Waals surface area contributed by atoms with Crippen molar-refractivity contribution in [2.75, 3.05) is 45.0 Å². The van der Waals surface area contributed by atoms with Crippen LogP contribution in [0.5, 0.6) is 28.7 Å². The van der Waals surface area contributed by atoms with E-state index in [2.05, 4.69) is 82.3 Å². The molecule has 1 aliphatic rings. The summed E-state index contributed by atoms with van der Waals surface area (Å²) >= 11 is 0. The van der Waals surface area contributed by atoms with Crippen molar-refractivity contribution < 1.29 is 99.5 Å². The topological polar surface area (TPSA) is 429 Å². The van der Waals surface area contributed by atoms with Crippen LogP contribution in [0.25, 0.3) is 21.5 Å². The van der Waals surface area contributed by atoms with Crippen LogP contribution in [0.2, 0.25) is 0 Å². The van der Waals surface area contributed by atoms with Crippen molar-refractivity contribution in [3.8, 4) is 28.7 Å². The van der Waals surface area contributed by atoms with E-state index in [0.29, 0.717) is 10.8 Å². The Bertz CT molecular complexity index is 4520. The van der Waals surface area contributed by atoms with Gasteiger partial charge in [0.05, 0.1) is 54.7 Å². The van der Waals surface area contributed by atoms with Crippen LogP contribution >= 0.6 is 0 Å². The van der Waals surface area contributed by atoms with Gasteiger partial charge in [-0.05, 0) is 96.4 Å². The minimum absolute atomic E-state index is 0. The van der Waals surface area contributed by atoms with E-state index in [-0.39, 0.29) is 180 Å². The Kier molecular flexibility index (Phi) is 19.3. The molecule has 0 saturated carbocycles. The van der Waals surface area contributed by atoms with Gasteiger partial charge in [0.2, 0.25) is 23.8 Å². The summed E-state index contributed by atoms with van der Waals surface area (Å²) in [6.45, 7) is 0.222. The third-order valence-corrected chi connectivity index (χ3v) is 14.4. The average Bonchev–Trinajstić information content (AvgIpc) is 2.74. The second-order valence-corrected chi connectivity index (χ2v) is 21.1. The van der Waals surface area contributed by atoms with Gasteiger partial charge in [0.15, 0.2) is 11.5 Å². The predicted octanol–water partition coefficient (Wildman–Crippen LogP) is 11.1. The minimum Gasteiger partial charge on any atom is -0.510 e. The summed E-state index contributed by atoms with van der Waals surface area (Å²) in [5, 5.41) is 101. The van der Waals surface area contributed by atoms with Crippen LogP contribution in [0.4, 0.5) is 83.8 Å². The van der Waals surface area contributed by atoms with Crippen molar-refractivity contribution in [3.05, 3.63) is 150 Å². The first-order chi connectivity index (χ1) is 40.6. The number of aliphatic hydroxyl groups is 1. The fraction of sp³-hybridized carbons (Fsp3) is 0.0943. The Labute approximate surface area is 511 Å². The first-order valence-electron chi connectivity index (χ1n) is 24.9. The first-order valence-corrected chi connectivity index (χ1v) is 27.8. The molecule has 0 aliphatic heterocycles. The number of nitrogens with zero attached hydrogens (tertiary/aromatic N) is 10. The number of aromatic nitrogens is 6. The number of benzene rings is 7. The number of hydrogen-bond acceptors (Lipinski definition) is 26. The van der Waals surface area contributed by atoms with Gasteiger partial charge in [0.25, 0.3) is 20.2 Å². The summed E-state index contributed by atoms with van der Waals surface area (Å²) in [5.41, 5.74) is -0.265. The molecule has 14 N–H and O–H groups in total. The predicted molar refractivity (Wildman–Crippen MR) is 307 cm³/mol. The number of aromatic hydroxyl groups is 5. The molecule has 34 heteroatoms. The van der Waals surface area contributed by atoms with Crippen LogP contribution in [-0.4, -0.2) is 99.6 Å². The summed E-state index contributed by atoms with van der Waals surface area (Å²) < 4.78 is 96.4. The molecule has 0 spiro atoms. The number of phenolic OH excluding ortho intramolecular Hbond substituents is 5. The molecule has 10 rings (SSSR count). The second-order valence-electron chi connectivity index (χ2n) is 18.2. The monoisotopic (exact) mass is 1320 g/mol. The molecule has 7 aromatic carbocycles. The van der Waals surface area contributed by atoms with E-state index in [4.69, 9.17) is 0 Å². The van der Waals surface area contributed by atoms with E-state index >= 15 is 0 Å². The number of nitrogens with one attached hydrogen (secondary N) is 6. The molecule has 0 unspecified atom stereocenters. The molecule has 2 aromatic heterocycles. The van der Waals surface area contributed by atoms with Crippen LogP contribution in [0.3, 0.4) is 0 Å². The molecular formula is C53H44Cu2F2N16O12S2. The van der Waals surface area contributed by atoms with Crippen LogP contribution in [0.1, 0.15) is 19.3 Å². The molecule has 2 radical (unpaired) electrons. The molecule has 0 saturated heterocycles. The van der Waals surface area contributed by atoms with Gasteiger partial charge in [-0.1, -0.05) is 48.5 Å². The summed E-state index contributed by atoms with van der Waals surface area (Å²) in [7, 11) is -9.23. The molecule has 87 heavy (non-hydrogen) atoms. The minimum atomic E-state index is -4.66. The molecule has 28 nitrogen and oxygen atoms in total. The van der Waals surface area contributed by atoms with Gasteiger partial charge in [-0.2, -0.15) is 55.5 Å². The van der Waals surface area contributed by atoms with Crippen LogP contribution in [0, 0.1) is 12.2 Å². The quantitative estimate of drug-likeness (QED) is 0.0111. The van der Waals surface area contributed by atoms with Crippen LogP contribution in [-0.2, 0) is 54.4 Å². The number of allylic oxidation sites excluding steroid dienone is 3. The number of halogens is 2. The third kappa shape index (κ3) is 14.8. The van der Waals surface area contributed by atoms with Gasteiger partial charge in [-0.15, -0.1) is 20.5 Å². The average molecular weight is 1330 g/mol. The third-order valence-electron chi connectivity index (χ3n) is 12.5. The molecule has 456 valence electrons. The number of azo groups is 2. The standard InChI is InChI=1S/C53H44F2N16O12S2.2Cu/c54-48-62-50(66-52(64-48)60-32-8-3-10-34(46(32)76)68-70-44-30(18-14-26-6-1-12-40(74)42(26)44)58-36-24-28(84(78,79)80)16-20-38(36)72)56-22-5-23-57-51-63-49(55)65-53(67-51)61-33-9-4-11-35(47(33)77)69-71-45-31(19-15-27-7-2-13-41(75)43(27)45)59-37-25-29(85(81,82)83)17-21-39(37)73;;/h1-4,6-16,18-20,24-25,58-59,72-77H,5,17,21-23H2,(H,78,79,80)(H,81,82,83)(H2,56,60,62,64,66)(H2,57,61,63,65,67);;. The van der Waals surface area contributed by atoms with Crippen molar-refractivity contribution >= 4 is 117 Å². The van der Waals surface area contributed by atoms with Gasteiger partial charge < -0.3 is 62.5 Å². The van der Waals surface area contributed by atoms with E-state index in [1.165, 1.54) is 54.6 Å². The molecular weight excluding hydrogens is 1280 g/mol. The maximum atomic E-state index is 14.8. The summed E-state index contributed by atoms with van der Waals surface area (Å²) in [6.07, 6.45) is -1.30. The zero-order valence-corrected chi connectivity index (χ0v) is 47.5. The van der Waals surface area contributed by atoms with Crippen molar-refractivity contribution in [3.63, 3.8) is 0 Å². The van der Waals surface area contributed by atoms with E-state index in [9.17, 15) is 65.4 Å². The van der Waals surface area contributed by atoms with Gasteiger partial charge in [0.1, 0.15) is 45.8 Å². The molecule has 0 atom stereocenters. The van der Waals surface area contributed by atoms with Crippen LogP contribution < -0.4 is 31.9 Å². The van der Waals surface area contributed by atoms with Gasteiger partial charge >= 0.3 is 12.2 Å². The Morgan fingerprint density at radius 2 is 0.954 bits per heavy atom. The fourth-order valence-electron chi connectivity index (χ4n) is 8.50. The SMILES string of the molecule is O=S(=O)(O)C1=CC(Nc2ccc3cccc(O)c3c2N=Nc2cccc(Nc3nc(F)nc(NCCCNc4nc(F)nc(Nc5cccc(N=Nc6c(Nc7cc(S(=O)(=O)O)ccc7O)ccc7cccc(O)c67)c5O)n4)n3)c2O)=C(O)CC1.[Cu].[Cu]. The number of aliphatic hydroxyl groups excluding tert-OH is 1. The largest absolute Gasteiger partial charge is 0.510 e. The molecule has 0 bridgehead atoms. The number of para-hydroxylation sites is 2. The molecule has 2 heterocycles. The van der Waals surface area contributed by atoms with Crippen molar-refractivity contribution in [1.82, 2.24) is 29.9 Å². The van der Waals surface area contributed by atoms with E-state index < -0.39 is 54.5 Å². The van der Waals surface area contributed by atoms with Crippen molar-refractivity contribution in [1.29, 1.82) is 0 Å². The number of rotatable bonds is 20. The Morgan fingerprint density at radius 3 is 1.45 bits per heavy atom. The Hall–Kier alpha value is -9.92. The van der Waals surface area contributed by atoms with E-state index in [1.807, 2.05) is 0 Å². The fourth-order valence-corrected chi connectivity index (χ4v) is 9.63. The van der Waals surface area contributed by atoms with Crippen molar-refractivity contribution in [2.45, 2.75) is 24.2 Å². The maximum Gasteiger partial charge on any atom is 0.315 e. The van der Waals surface area contributed by atoms with E-state index in [0.717, 1.165) is 24.3 Å². The second kappa shape index (κ2) is 26.6. The van der Waals surface area contributed by atoms with Gasteiger partial charge in [-0.3, -0.25) is 9.11 Å². The molecule has 0 amide bonds. The van der Waals surface area contributed by atoms with Gasteiger partial charge in [0, 0.05) is 53.6 Å². The zero-order chi connectivity index (χ0) is 60.2. The normalized spacial score (nSPS) is 12.6. The molecule has 1 aliphatic carbocycles. The Morgan fingerprint density at radius 1 is 0.471 bits per heavy atom. The number of phenols is 5. The van der Waals surface area contributed by atoms with Crippen molar-refractivity contribution in [2.24, 2.45) is 20.5 Å². The number of fused-ring (bicyclic) bond motifs is 2. The zero-order valence-electron chi connectivity index (χ0n) is 43.9. The molecule has 9 aromatic rings. The molecule has 0 fully saturated rings. The maximum absolute atomic E-state index is 14.8. The smallest absolute Gasteiger partial charge is 0.315 e. The number of hydrogen-bond donors (Lipinski definition) is 14. The van der Waals surface area contributed by atoms with Crippen LogP contribution in [0.15, 0.2) is 163 Å². The summed E-state index contributed by atoms with van der Waals surface area (Å²) in [6, 6.07) is 27.2. The van der Waals surface area contributed by atoms with Gasteiger partial charge in [-0.25, -0.2) is 0 Å². The Balaban J connectivity index is 0.00000491. The number of anilines is 9.